The van der Waals surface area contributed by atoms with Gasteiger partial charge in [-0.2, -0.15) is 0 Å². The molecular weight excluding hydrogens is 412 g/mol. The quantitative estimate of drug-likeness (QED) is 0.595. The number of allylic oxidation sites excluding steroid dienone is 1. The maximum atomic E-state index is 14.3. The molecule has 0 saturated heterocycles. The predicted molar refractivity (Wildman–Crippen MR) is 94.3 cm³/mol. The van der Waals surface area contributed by atoms with Crippen molar-refractivity contribution in [3.8, 4) is 0 Å². The third-order valence-electron chi connectivity index (χ3n) is 4.62. The van der Waals surface area contributed by atoms with Gasteiger partial charge >= 0.3 is 0 Å². The second-order valence-corrected chi connectivity index (χ2v) is 7.47. The van der Waals surface area contributed by atoms with E-state index in [1.54, 1.807) is 10.0 Å². The second-order valence-electron chi connectivity index (χ2n) is 6.51. The highest BCUT2D eigenvalue weighted by Gasteiger charge is 2.39. The first-order valence-electron chi connectivity index (χ1n) is 8.26. The molecule has 1 saturated carbocycles. The summed E-state index contributed by atoms with van der Waals surface area (Å²) in [6.45, 7) is 0.429. The van der Waals surface area contributed by atoms with E-state index in [1.165, 1.54) is 12.1 Å². The summed E-state index contributed by atoms with van der Waals surface area (Å²) < 4.78 is 56.3. The van der Waals surface area contributed by atoms with Crippen LogP contribution in [-0.2, 0) is 6.54 Å². The lowest BCUT2D eigenvalue weighted by Crippen LogP contribution is -2.38. The molecule has 0 amide bonds. The smallest absolute Gasteiger partial charge is 0.148 e. The van der Waals surface area contributed by atoms with E-state index in [9.17, 15) is 17.6 Å². The van der Waals surface area contributed by atoms with Gasteiger partial charge in [0.25, 0.3) is 0 Å². The van der Waals surface area contributed by atoms with E-state index >= 15 is 0 Å². The molecule has 0 bridgehead atoms. The Morgan fingerprint density at radius 1 is 0.923 bits per heavy atom. The Morgan fingerprint density at radius 3 is 2.31 bits per heavy atom. The monoisotopic (exact) mass is 426 g/mol. The van der Waals surface area contributed by atoms with Crippen molar-refractivity contribution in [1.82, 2.24) is 5.01 Å². The lowest BCUT2D eigenvalue weighted by atomic mass is 10.2. The van der Waals surface area contributed by atoms with Crippen LogP contribution in [0.1, 0.15) is 18.4 Å². The van der Waals surface area contributed by atoms with Gasteiger partial charge in [0.05, 0.1) is 24.5 Å². The maximum absolute atomic E-state index is 14.3. The van der Waals surface area contributed by atoms with Crippen LogP contribution in [-0.4, -0.2) is 11.6 Å². The third-order valence-corrected chi connectivity index (χ3v) is 5.28. The van der Waals surface area contributed by atoms with E-state index in [0.717, 1.165) is 47.3 Å². The highest BCUT2D eigenvalue weighted by Crippen LogP contribution is 2.46. The zero-order chi connectivity index (χ0) is 18.4. The molecule has 0 atom stereocenters. The highest BCUT2D eigenvalue weighted by atomic mass is 79.9. The predicted octanol–water partition coefficient (Wildman–Crippen LogP) is 5.50. The molecule has 1 fully saturated rings. The molecule has 2 aliphatic rings. The Hall–Kier alpha value is -2.02. The van der Waals surface area contributed by atoms with Crippen molar-refractivity contribution in [3.05, 3.63) is 75.4 Å². The first-order chi connectivity index (χ1) is 12.4. The zero-order valence-corrected chi connectivity index (χ0v) is 15.2. The van der Waals surface area contributed by atoms with Crippen LogP contribution >= 0.6 is 15.9 Å². The molecule has 0 radical (unpaired) electrons. The van der Waals surface area contributed by atoms with Crippen molar-refractivity contribution in [2.24, 2.45) is 5.92 Å². The van der Waals surface area contributed by atoms with E-state index in [1.807, 2.05) is 0 Å². The summed E-state index contributed by atoms with van der Waals surface area (Å²) in [5.41, 5.74) is 1.31. The topological polar surface area (TPSA) is 6.48 Å². The van der Waals surface area contributed by atoms with Gasteiger partial charge in [0.2, 0.25) is 0 Å². The largest absolute Gasteiger partial charge is 0.283 e. The molecule has 0 spiro atoms. The van der Waals surface area contributed by atoms with Crippen molar-refractivity contribution in [2.45, 2.75) is 19.4 Å². The second kappa shape index (κ2) is 6.61. The minimum absolute atomic E-state index is 0.0834. The molecule has 2 aromatic rings. The Balaban J connectivity index is 1.73. The molecule has 1 heterocycles. The fourth-order valence-corrected chi connectivity index (χ4v) is 4.00. The van der Waals surface area contributed by atoms with Gasteiger partial charge in [-0.05, 0) is 31.0 Å². The van der Waals surface area contributed by atoms with Crippen LogP contribution in [0.3, 0.4) is 0 Å². The Bertz CT molecular complexity index is 895. The normalized spacial score (nSPS) is 17.4. The Kier molecular flexibility index (Phi) is 4.42. The van der Waals surface area contributed by atoms with Gasteiger partial charge in [-0.1, -0.05) is 22.0 Å². The van der Waals surface area contributed by atoms with Crippen LogP contribution in [0, 0.1) is 29.2 Å². The summed E-state index contributed by atoms with van der Waals surface area (Å²) in [6, 6.07) is 6.65. The van der Waals surface area contributed by atoms with Gasteiger partial charge in [0.1, 0.15) is 23.3 Å². The first-order valence-corrected chi connectivity index (χ1v) is 9.06. The van der Waals surface area contributed by atoms with Crippen LogP contribution in [0.5, 0.6) is 0 Å². The molecule has 1 aliphatic heterocycles. The van der Waals surface area contributed by atoms with Crippen molar-refractivity contribution in [2.75, 3.05) is 11.6 Å². The lowest BCUT2D eigenvalue weighted by Gasteiger charge is -2.34. The summed E-state index contributed by atoms with van der Waals surface area (Å²) in [7, 11) is 0. The lowest BCUT2D eigenvalue weighted by molar-refractivity contribution is 0.313. The summed E-state index contributed by atoms with van der Waals surface area (Å²) in [5.74, 6) is -2.13. The molecule has 2 nitrogen and oxygen atoms in total. The number of nitrogens with zero attached hydrogens (tertiary/aromatic N) is 2. The van der Waals surface area contributed by atoms with E-state index in [4.69, 9.17) is 0 Å². The number of halogens is 5. The molecule has 26 heavy (non-hydrogen) atoms. The van der Waals surface area contributed by atoms with Crippen LogP contribution in [0.4, 0.5) is 23.2 Å². The van der Waals surface area contributed by atoms with Gasteiger partial charge in [-0.25, -0.2) is 17.6 Å². The van der Waals surface area contributed by atoms with Crippen molar-refractivity contribution in [1.29, 1.82) is 0 Å². The summed E-state index contributed by atoms with van der Waals surface area (Å²) in [4.78, 5) is 0. The van der Waals surface area contributed by atoms with Crippen molar-refractivity contribution >= 4 is 21.6 Å². The maximum Gasteiger partial charge on any atom is 0.148 e. The molecule has 4 rings (SSSR count). The molecule has 0 unspecified atom stereocenters. The number of benzene rings is 2. The van der Waals surface area contributed by atoms with Gasteiger partial charge in [0.15, 0.2) is 0 Å². The molecule has 0 aromatic heterocycles. The highest BCUT2D eigenvalue weighted by molar-refractivity contribution is 9.11. The number of hydrogen-bond acceptors (Lipinski definition) is 2. The standard InChI is InChI=1S/C19H15BrF4N2/c20-15-10-25(18-8-14(22)5-6-16(18)23)26(19(15)11-1-2-11)9-12-3-4-13(21)7-17(12)24/h3-8,11H,1-2,9-10H2. The molecule has 0 N–H and O–H groups in total. The molecule has 7 heteroatoms. The minimum Gasteiger partial charge on any atom is -0.283 e. The third kappa shape index (κ3) is 3.20. The summed E-state index contributed by atoms with van der Waals surface area (Å²) in [6.07, 6.45) is 1.98. The van der Waals surface area contributed by atoms with Crippen molar-refractivity contribution in [3.63, 3.8) is 0 Å². The van der Waals surface area contributed by atoms with Gasteiger partial charge in [-0.15, -0.1) is 0 Å². The minimum atomic E-state index is -0.664. The first kappa shape index (κ1) is 17.4. The van der Waals surface area contributed by atoms with Gasteiger partial charge in [0, 0.05) is 28.1 Å². The molecular formula is C19H15BrF4N2. The van der Waals surface area contributed by atoms with E-state index in [-0.39, 0.29) is 17.8 Å². The fraction of sp³-hybridized carbons (Fsp3) is 0.263. The molecule has 1 aliphatic carbocycles. The van der Waals surface area contributed by atoms with E-state index in [2.05, 4.69) is 15.9 Å². The molecule has 2 aromatic carbocycles. The van der Waals surface area contributed by atoms with E-state index in [0.29, 0.717) is 12.5 Å². The van der Waals surface area contributed by atoms with E-state index < -0.39 is 23.3 Å². The van der Waals surface area contributed by atoms with Crippen LogP contribution < -0.4 is 5.01 Å². The van der Waals surface area contributed by atoms with Gasteiger partial charge < -0.3 is 0 Å². The number of hydrogen-bond donors (Lipinski definition) is 0. The average molecular weight is 427 g/mol. The van der Waals surface area contributed by atoms with Crippen LogP contribution in [0.25, 0.3) is 0 Å². The Morgan fingerprint density at radius 2 is 1.62 bits per heavy atom. The number of rotatable bonds is 4. The fourth-order valence-electron chi connectivity index (χ4n) is 3.24. The average Bonchev–Trinajstić information content (AvgIpc) is 3.37. The summed E-state index contributed by atoms with van der Waals surface area (Å²) >= 11 is 3.54. The molecule has 136 valence electrons. The zero-order valence-electron chi connectivity index (χ0n) is 13.7. The van der Waals surface area contributed by atoms with Crippen LogP contribution in [0.15, 0.2) is 46.6 Å². The SMILES string of the molecule is Fc1ccc(CN2C(C3CC3)=C(Br)CN2c2cc(F)ccc2F)c(F)c1. The Labute approximate surface area is 156 Å². The van der Waals surface area contributed by atoms with Crippen molar-refractivity contribution < 1.29 is 17.6 Å². The van der Waals surface area contributed by atoms with Gasteiger partial charge in [-0.3, -0.25) is 10.0 Å². The number of anilines is 1. The summed E-state index contributed by atoms with van der Waals surface area (Å²) in [5, 5.41) is 3.36. The van der Waals surface area contributed by atoms with Crippen LogP contribution in [0.2, 0.25) is 0 Å². The number of hydrazine groups is 1.